The van der Waals surface area contributed by atoms with Crippen molar-refractivity contribution in [3.8, 4) is 0 Å². The van der Waals surface area contributed by atoms with Crippen LogP contribution in [0.5, 0.6) is 0 Å². The van der Waals surface area contributed by atoms with Crippen LogP contribution in [0.4, 0.5) is 5.82 Å². The number of aryl methyl sites for hydroxylation is 2. The van der Waals surface area contributed by atoms with Crippen molar-refractivity contribution in [2.45, 2.75) is 33.2 Å². The van der Waals surface area contributed by atoms with Gasteiger partial charge in [0.1, 0.15) is 22.1 Å². The molecule has 1 aliphatic heterocycles. The van der Waals surface area contributed by atoms with Gasteiger partial charge in [0.2, 0.25) is 5.91 Å². The summed E-state index contributed by atoms with van der Waals surface area (Å²) < 4.78 is 0. The maximum Gasteiger partial charge on any atom is 0.223 e. The first-order valence-corrected chi connectivity index (χ1v) is 10.4. The highest BCUT2D eigenvalue weighted by Gasteiger charge is 2.27. The van der Waals surface area contributed by atoms with E-state index in [1.54, 1.807) is 23.9 Å². The Morgan fingerprint density at radius 2 is 2.00 bits per heavy atom. The zero-order valence-corrected chi connectivity index (χ0v) is 17.3. The maximum atomic E-state index is 12.5. The van der Waals surface area contributed by atoms with Gasteiger partial charge in [0.15, 0.2) is 0 Å². The lowest BCUT2D eigenvalue weighted by Gasteiger charge is -2.32. The molecule has 28 heavy (non-hydrogen) atoms. The van der Waals surface area contributed by atoms with Crippen molar-refractivity contribution >= 4 is 44.9 Å². The minimum absolute atomic E-state index is 0.000791. The fourth-order valence-corrected chi connectivity index (χ4v) is 4.60. The van der Waals surface area contributed by atoms with E-state index in [4.69, 9.17) is 11.6 Å². The van der Waals surface area contributed by atoms with Crippen LogP contribution in [-0.2, 0) is 11.3 Å². The SMILES string of the molecule is Cc1sc2ncnc(N3CCC(C(=O)NCc4cnc(Cl)cn4)CC3)c2c1C. The number of nitrogens with one attached hydrogen (secondary N) is 1. The molecule has 0 aliphatic carbocycles. The average molecular weight is 417 g/mol. The molecule has 4 rings (SSSR count). The van der Waals surface area contributed by atoms with Crippen molar-refractivity contribution < 1.29 is 4.79 Å². The van der Waals surface area contributed by atoms with E-state index in [0.717, 1.165) is 42.0 Å². The van der Waals surface area contributed by atoms with Crippen LogP contribution in [0.3, 0.4) is 0 Å². The summed E-state index contributed by atoms with van der Waals surface area (Å²) in [5.41, 5.74) is 1.95. The molecule has 0 radical (unpaired) electrons. The summed E-state index contributed by atoms with van der Waals surface area (Å²) in [4.78, 5) is 34.2. The third kappa shape index (κ3) is 3.79. The summed E-state index contributed by atoms with van der Waals surface area (Å²) in [6.45, 7) is 6.22. The molecule has 9 heteroatoms. The zero-order chi connectivity index (χ0) is 19.7. The second kappa shape index (κ2) is 7.97. The van der Waals surface area contributed by atoms with Crippen molar-refractivity contribution in [2.24, 2.45) is 5.92 Å². The molecule has 1 aliphatic rings. The smallest absolute Gasteiger partial charge is 0.223 e. The van der Waals surface area contributed by atoms with Gasteiger partial charge in [0, 0.05) is 23.9 Å². The summed E-state index contributed by atoms with van der Waals surface area (Å²) in [6, 6.07) is 0. The monoisotopic (exact) mass is 416 g/mol. The number of halogens is 1. The molecular formula is C19H21ClN6OS. The molecule has 1 fully saturated rings. The molecule has 3 aromatic heterocycles. The zero-order valence-electron chi connectivity index (χ0n) is 15.8. The molecule has 7 nitrogen and oxygen atoms in total. The van der Waals surface area contributed by atoms with Gasteiger partial charge in [-0.1, -0.05) is 11.6 Å². The second-order valence-electron chi connectivity index (χ2n) is 6.97. The summed E-state index contributed by atoms with van der Waals surface area (Å²) in [5.74, 6) is 1.05. The molecule has 146 valence electrons. The Balaban J connectivity index is 1.38. The van der Waals surface area contributed by atoms with E-state index in [9.17, 15) is 4.79 Å². The van der Waals surface area contributed by atoms with Gasteiger partial charge in [-0.05, 0) is 32.3 Å². The third-order valence-electron chi connectivity index (χ3n) is 5.23. The molecule has 0 bridgehead atoms. The first-order chi connectivity index (χ1) is 13.5. The maximum absolute atomic E-state index is 12.5. The highest BCUT2D eigenvalue weighted by molar-refractivity contribution is 7.18. The average Bonchev–Trinajstić information content (AvgIpc) is 3.01. The number of amides is 1. The fourth-order valence-electron chi connectivity index (χ4n) is 3.51. The van der Waals surface area contributed by atoms with Crippen LogP contribution < -0.4 is 10.2 Å². The van der Waals surface area contributed by atoms with E-state index < -0.39 is 0 Å². The van der Waals surface area contributed by atoms with Crippen LogP contribution in [0.2, 0.25) is 5.15 Å². The molecular weight excluding hydrogens is 396 g/mol. The molecule has 4 heterocycles. The normalized spacial score (nSPS) is 15.2. The van der Waals surface area contributed by atoms with Gasteiger partial charge in [0.25, 0.3) is 0 Å². The van der Waals surface area contributed by atoms with Crippen molar-refractivity contribution in [2.75, 3.05) is 18.0 Å². The van der Waals surface area contributed by atoms with E-state index in [2.05, 4.69) is 44.0 Å². The van der Waals surface area contributed by atoms with Crippen LogP contribution >= 0.6 is 22.9 Å². The van der Waals surface area contributed by atoms with Gasteiger partial charge in [0.05, 0.1) is 30.0 Å². The molecule has 0 spiro atoms. The van der Waals surface area contributed by atoms with Crippen molar-refractivity contribution in [3.05, 3.63) is 40.0 Å². The minimum atomic E-state index is -0.000791. The van der Waals surface area contributed by atoms with Crippen LogP contribution in [-0.4, -0.2) is 38.9 Å². The summed E-state index contributed by atoms with van der Waals surface area (Å²) in [6.07, 6.45) is 6.30. The van der Waals surface area contributed by atoms with Gasteiger partial charge < -0.3 is 10.2 Å². The minimum Gasteiger partial charge on any atom is -0.356 e. The number of hydrogen-bond donors (Lipinski definition) is 1. The van der Waals surface area contributed by atoms with Gasteiger partial charge >= 0.3 is 0 Å². The lowest BCUT2D eigenvalue weighted by molar-refractivity contribution is -0.125. The predicted octanol–water partition coefficient (Wildman–Crippen LogP) is 3.28. The number of piperidine rings is 1. The van der Waals surface area contributed by atoms with Crippen LogP contribution in [0.15, 0.2) is 18.7 Å². The number of carbonyl (C=O) groups excluding carboxylic acids is 1. The Morgan fingerprint density at radius 1 is 1.21 bits per heavy atom. The second-order valence-corrected chi connectivity index (χ2v) is 8.56. The van der Waals surface area contributed by atoms with Crippen LogP contribution in [0.25, 0.3) is 10.2 Å². The van der Waals surface area contributed by atoms with Crippen molar-refractivity contribution in [1.29, 1.82) is 0 Å². The Kier molecular flexibility index (Phi) is 5.41. The number of anilines is 1. The standard InChI is InChI=1S/C19H21ClN6OS/c1-11-12(2)28-19-16(11)17(24-10-25-19)26-5-3-13(4-6-26)18(27)23-8-14-7-22-15(20)9-21-14/h7,9-10,13H,3-6,8H2,1-2H3,(H,23,27). The van der Waals surface area contributed by atoms with E-state index in [-0.39, 0.29) is 11.8 Å². The lowest BCUT2D eigenvalue weighted by atomic mass is 9.95. The summed E-state index contributed by atoms with van der Waals surface area (Å²) in [7, 11) is 0. The number of aromatic nitrogens is 4. The van der Waals surface area contributed by atoms with Gasteiger partial charge in [-0.25, -0.2) is 15.0 Å². The van der Waals surface area contributed by atoms with E-state index in [1.807, 2.05) is 0 Å². The number of rotatable bonds is 4. The van der Waals surface area contributed by atoms with Crippen LogP contribution in [0, 0.1) is 19.8 Å². The molecule has 0 saturated carbocycles. The Bertz CT molecular complexity index is 998. The topological polar surface area (TPSA) is 83.9 Å². The highest BCUT2D eigenvalue weighted by atomic mass is 35.5. The Hall–Kier alpha value is -2.32. The summed E-state index contributed by atoms with van der Waals surface area (Å²) in [5, 5.41) is 4.45. The number of hydrogen-bond acceptors (Lipinski definition) is 7. The first kappa shape index (κ1) is 19.0. The van der Waals surface area contributed by atoms with Gasteiger partial charge in [-0.2, -0.15) is 0 Å². The van der Waals surface area contributed by atoms with E-state index >= 15 is 0 Å². The largest absolute Gasteiger partial charge is 0.356 e. The highest BCUT2D eigenvalue weighted by Crippen LogP contribution is 2.35. The molecule has 1 amide bonds. The van der Waals surface area contributed by atoms with E-state index in [0.29, 0.717) is 17.4 Å². The number of thiophene rings is 1. The summed E-state index contributed by atoms with van der Waals surface area (Å²) >= 11 is 7.44. The number of nitrogens with zero attached hydrogens (tertiary/aromatic N) is 5. The van der Waals surface area contributed by atoms with Crippen molar-refractivity contribution in [1.82, 2.24) is 25.3 Å². The van der Waals surface area contributed by atoms with Crippen molar-refractivity contribution in [3.63, 3.8) is 0 Å². The Labute approximate surface area is 172 Å². The Morgan fingerprint density at radius 3 is 2.71 bits per heavy atom. The third-order valence-corrected chi connectivity index (χ3v) is 6.54. The molecule has 0 atom stereocenters. The molecule has 0 unspecified atom stereocenters. The quantitative estimate of drug-likeness (QED) is 0.702. The molecule has 3 aromatic rings. The molecule has 1 saturated heterocycles. The number of fused-ring (bicyclic) bond motifs is 1. The predicted molar refractivity (Wildman–Crippen MR) is 111 cm³/mol. The van der Waals surface area contributed by atoms with Gasteiger partial charge in [-0.15, -0.1) is 11.3 Å². The molecule has 0 aromatic carbocycles. The first-order valence-electron chi connectivity index (χ1n) is 9.22. The van der Waals surface area contributed by atoms with Crippen LogP contribution in [0.1, 0.15) is 29.0 Å². The fraction of sp³-hybridized carbons (Fsp3) is 0.421. The molecule has 1 N–H and O–H groups in total. The van der Waals surface area contributed by atoms with E-state index in [1.165, 1.54) is 16.6 Å². The lowest BCUT2D eigenvalue weighted by Crippen LogP contribution is -2.40. The van der Waals surface area contributed by atoms with Gasteiger partial charge in [-0.3, -0.25) is 9.78 Å². The number of carbonyl (C=O) groups is 1.